The van der Waals surface area contributed by atoms with Crippen LogP contribution in [0.1, 0.15) is 173 Å². The van der Waals surface area contributed by atoms with E-state index in [1.807, 2.05) is 21.6 Å². The maximum Gasteiger partial charge on any atom is 0.315 e. The van der Waals surface area contributed by atoms with Crippen LogP contribution in [0.3, 0.4) is 0 Å². The molecule has 0 aromatic heterocycles. The number of terminal acetylenes is 1. The van der Waals surface area contributed by atoms with Gasteiger partial charge in [0.2, 0.25) is 17.7 Å². The maximum absolute atomic E-state index is 12.6. The Balaban J connectivity index is 0.000000930. The van der Waals surface area contributed by atoms with E-state index in [4.69, 9.17) is 12.0 Å². The largest absolute Gasteiger partial charge is 0.343 e. The summed E-state index contributed by atoms with van der Waals surface area (Å²) in [4.78, 5) is 56.9. The fraction of sp³-hybridized carbons (Fsp3) is 0.878. The molecule has 0 aromatic rings. The number of nitrogens with zero attached hydrogens (tertiary/aromatic N) is 6. The highest BCUT2D eigenvalue weighted by Crippen LogP contribution is 2.33. The Morgan fingerprint density at radius 3 is 1.42 bits per heavy atom. The van der Waals surface area contributed by atoms with Crippen LogP contribution < -0.4 is 10.6 Å². The van der Waals surface area contributed by atoms with Crippen molar-refractivity contribution in [2.75, 3.05) is 51.6 Å². The van der Waals surface area contributed by atoms with Gasteiger partial charge < -0.3 is 25.3 Å². The lowest BCUT2D eigenvalue weighted by Crippen LogP contribution is -2.36. The highest BCUT2D eigenvalue weighted by atomic mass is 32.2. The molecule has 13 heteroatoms. The SMILES string of the molecule is C#CCCC(=O)N(CCC(C)C)CCC(C)C.CC(C)CCN(CCC(C)C)C(=O)CCCC[C@@H]1SC[C@@H]2NC(=O)N[C@@H]21.CC(C)CCN(CCC(C)C)C(=O)CCCN=[N+]=[N-]. The van der Waals surface area contributed by atoms with Gasteiger partial charge in [-0.25, -0.2) is 4.79 Å². The van der Waals surface area contributed by atoms with Crippen LogP contribution >= 0.6 is 11.8 Å². The van der Waals surface area contributed by atoms with Gasteiger partial charge in [-0.05, 0) is 98.8 Å². The molecule has 5 amide bonds. The molecular weight excluding hydrogens is 797 g/mol. The monoisotopic (exact) mass is 889 g/mol. The van der Waals surface area contributed by atoms with Crippen LogP contribution in [0, 0.1) is 47.9 Å². The lowest BCUT2D eigenvalue weighted by atomic mass is 10.0. The zero-order valence-electron chi connectivity index (χ0n) is 41.6. The molecule has 2 N–H and O–H groups in total. The standard InChI is InChI=1S/C20H37N3O2S.C15H27NO.C14H28N4O/c1-14(2)9-11-23(12-10-15(3)4)18(24)8-6-5-7-17-19-16(13-26-17)21-20(25)22-19;1-6-7-8-15(17)16(11-9-13(2)3)12-10-14(4)5;1-12(2)7-10-18(11-8-13(3)4)14(19)6-5-9-16-17-15/h14-17,19H,5-13H2,1-4H3,(H2,21,22,25);1,13-14H,7-12H2,2-5H3;12-13H,5-11H2,1-4H3/t16-,17-,19-;;/m0../s1. The van der Waals surface area contributed by atoms with Crippen molar-refractivity contribution < 1.29 is 19.2 Å². The number of azide groups is 1. The predicted molar refractivity (Wildman–Crippen MR) is 262 cm³/mol. The second-order valence-electron chi connectivity index (χ2n) is 19.9. The first-order valence-corrected chi connectivity index (χ1v) is 25.3. The Kier molecular flexibility index (Phi) is 33.5. The molecule has 2 saturated heterocycles. The van der Waals surface area contributed by atoms with E-state index >= 15 is 0 Å². The minimum Gasteiger partial charge on any atom is -0.343 e. The van der Waals surface area contributed by atoms with Crippen LogP contribution in [0.25, 0.3) is 10.4 Å². The van der Waals surface area contributed by atoms with Crippen molar-refractivity contribution in [1.29, 1.82) is 0 Å². The lowest BCUT2D eigenvalue weighted by Gasteiger charge is -2.25. The van der Waals surface area contributed by atoms with Gasteiger partial charge in [0.05, 0.1) is 12.1 Å². The Morgan fingerprint density at radius 1 is 0.661 bits per heavy atom. The van der Waals surface area contributed by atoms with Crippen LogP contribution in [0.15, 0.2) is 5.11 Å². The van der Waals surface area contributed by atoms with E-state index in [0.29, 0.717) is 91.4 Å². The van der Waals surface area contributed by atoms with Gasteiger partial charge in [0.1, 0.15) is 0 Å². The van der Waals surface area contributed by atoms with Crippen molar-refractivity contribution >= 4 is 35.5 Å². The molecule has 0 unspecified atom stereocenters. The number of urea groups is 1. The van der Waals surface area contributed by atoms with Crippen LogP contribution in [0.4, 0.5) is 4.79 Å². The van der Waals surface area contributed by atoms with Gasteiger partial charge in [-0.3, -0.25) is 14.4 Å². The first-order valence-electron chi connectivity index (χ1n) is 24.3. The van der Waals surface area contributed by atoms with E-state index in [1.54, 1.807) is 0 Å². The molecule has 12 nitrogen and oxygen atoms in total. The number of nitrogens with one attached hydrogen (secondary N) is 2. The number of thioether (sulfide) groups is 1. The van der Waals surface area contributed by atoms with Gasteiger partial charge in [0.15, 0.2) is 0 Å². The topological polar surface area (TPSA) is 151 Å². The molecule has 358 valence electrons. The second kappa shape index (κ2) is 35.3. The van der Waals surface area contributed by atoms with Gasteiger partial charge >= 0.3 is 6.03 Å². The minimum absolute atomic E-state index is 0.0218. The fourth-order valence-electron chi connectivity index (χ4n) is 6.83. The normalized spacial score (nSPS) is 16.5. The first-order chi connectivity index (χ1) is 29.3. The summed E-state index contributed by atoms with van der Waals surface area (Å²) in [6.45, 7) is 31.9. The molecule has 2 aliphatic rings. The summed E-state index contributed by atoms with van der Waals surface area (Å²) in [6, 6.07) is 0.546. The van der Waals surface area contributed by atoms with Crippen molar-refractivity contribution in [2.45, 2.75) is 190 Å². The van der Waals surface area contributed by atoms with Crippen molar-refractivity contribution in [3.05, 3.63) is 10.4 Å². The van der Waals surface area contributed by atoms with E-state index in [2.05, 4.69) is 115 Å². The summed E-state index contributed by atoms with van der Waals surface area (Å²) >= 11 is 1.95. The number of unbranched alkanes of at least 4 members (excludes halogenated alkanes) is 1. The number of amides is 5. The predicted octanol–water partition coefficient (Wildman–Crippen LogP) is 11.0. The maximum atomic E-state index is 12.6. The summed E-state index contributed by atoms with van der Waals surface area (Å²) in [6.07, 6.45) is 17.5. The molecule has 2 heterocycles. The minimum atomic E-state index is -0.0218. The van der Waals surface area contributed by atoms with E-state index in [1.165, 1.54) is 0 Å². The van der Waals surface area contributed by atoms with Crippen LogP contribution in [-0.2, 0) is 14.4 Å². The average molecular weight is 889 g/mol. The Labute approximate surface area is 384 Å². The fourth-order valence-corrected chi connectivity index (χ4v) is 8.38. The summed E-state index contributed by atoms with van der Waals surface area (Å²) in [7, 11) is 0. The molecule has 2 fully saturated rings. The number of hydrogen-bond donors (Lipinski definition) is 2. The van der Waals surface area contributed by atoms with Crippen molar-refractivity contribution in [1.82, 2.24) is 25.3 Å². The summed E-state index contributed by atoms with van der Waals surface area (Å²) < 4.78 is 0. The van der Waals surface area contributed by atoms with Gasteiger partial charge in [0.25, 0.3) is 0 Å². The average Bonchev–Trinajstić information content (AvgIpc) is 3.75. The second-order valence-corrected chi connectivity index (χ2v) is 21.1. The van der Waals surface area contributed by atoms with Crippen molar-refractivity contribution in [2.24, 2.45) is 40.6 Å². The highest BCUT2D eigenvalue weighted by molar-refractivity contribution is 8.00. The smallest absolute Gasteiger partial charge is 0.315 e. The highest BCUT2D eigenvalue weighted by Gasteiger charge is 2.42. The Morgan fingerprint density at radius 2 is 1.05 bits per heavy atom. The third kappa shape index (κ3) is 30.1. The molecule has 0 bridgehead atoms. The van der Waals surface area contributed by atoms with Crippen LogP contribution in [0.5, 0.6) is 0 Å². The van der Waals surface area contributed by atoms with Gasteiger partial charge in [-0.2, -0.15) is 11.8 Å². The number of carbonyl (C=O) groups excluding carboxylic acids is 4. The zero-order valence-corrected chi connectivity index (χ0v) is 42.4. The number of hydrogen-bond acceptors (Lipinski definition) is 6. The Hall–Kier alpha value is -3.10. The van der Waals surface area contributed by atoms with Crippen molar-refractivity contribution in [3.63, 3.8) is 0 Å². The molecule has 3 atom stereocenters. The van der Waals surface area contributed by atoms with E-state index in [-0.39, 0.29) is 23.9 Å². The molecule has 2 rings (SSSR count). The Bertz CT molecular complexity index is 1290. The van der Waals surface area contributed by atoms with Gasteiger partial charge in [0, 0.05) is 87.4 Å². The molecule has 0 aromatic carbocycles. The van der Waals surface area contributed by atoms with E-state index < -0.39 is 0 Å². The molecule has 2 aliphatic heterocycles. The molecule has 0 spiro atoms. The number of carbonyl (C=O) groups is 4. The van der Waals surface area contributed by atoms with Crippen LogP contribution in [-0.4, -0.2) is 107 Å². The molecule has 0 radical (unpaired) electrons. The van der Waals surface area contributed by atoms with Crippen LogP contribution in [0.2, 0.25) is 0 Å². The van der Waals surface area contributed by atoms with E-state index in [9.17, 15) is 19.2 Å². The van der Waals surface area contributed by atoms with E-state index in [0.717, 1.165) is 103 Å². The number of rotatable bonds is 29. The van der Waals surface area contributed by atoms with Gasteiger partial charge in [-0.15, -0.1) is 12.3 Å². The molecule has 62 heavy (non-hydrogen) atoms. The summed E-state index contributed by atoms with van der Waals surface area (Å²) in [5.41, 5.74) is 8.19. The zero-order chi connectivity index (χ0) is 47.0. The first kappa shape index (κ1) is 58.9. The van der Waals surface area contributed by atoms with Gasteiger partial charge in [-0.1, -0.05) is 94.6 Å². The molecule has 0 aliphatic carbocycles. The third-order valence-electron chi connectivity index (χ3n) is 11.2. The number of fused-ring (bicyclic) bond motifs is 1. The van der Waals surface area contributed by atoms with Crippen molar-refractivity contribution in [3.8, 4) is 12.3 Å². The third-order valence-corrected chi connectivity index (χ3v) is 12.7. The summed E-state index contributed by atoms with van der Waals surface area (Å²) in [5, 5.41) is 9.98. The molecular formula is C49H92N8O4S. The molecule has 0 saturated carbocycles. The lowest BCUT2D eigenvalue weighted by molar-refractivity contribution is -0.132. The quantitative estimate of drug-likeness (QED) is 0.0191. The summed E-state index contributed by atoms with van der Waals surface area (Å²) in [5.74, 6) is 8.01.